The van der Waals surface area contributed by atoms with Gasteiger partial charge in [0.2, 0.25) is 0 Å². The predicted octanol–water partition coefficient (Wildman–Crippen LogP) is -0.0247. The van der Waals surface area contributed by atoms with Gasteiger partial charge in [-0.15, -0.1) is 4.90 Å². The fourth-order valence-electron chi connectivity index (χ4n) is 0.560. The summed E-state index contributed by atoms with van der Waals surface area (Å²) in [7, 11) is 1.47. The Morgan fingerprint density at radius 1 is 1.90 bits per heavy atom. The molecule has 54 valence electrons. The van der Waals surface area contributed by atoms with Crippen molar-refractivity contribution in [2.24, 2.45) is 0 Å². The summed E-state index contributed by atoms with van der Waals surface area (Å²) in [4.78, 5) is 10.8. The Balaban J connectivity index is 2.85. The van der Waals surface area contributed by atoms with Crippen LogP contribution in [0.25, 0.3) is 0 Å². The molecule has 0 atom stereocenters. The highest BCUT2D eigenvalue weighted by Gasteiger charge is 2.04. The first kappa shape index (κ1) is 6.73. The number of nitrogens with zero attached hydrogens (tertiary/aromatic N) is 2. The van der Waals surface area contributed by atoms with Crippen molar-refractivity contribution >= 4 is 5.91 Å². The summed E-state index contributed by atoms with van der Waals surface area (Å²) >= 11 is 0. The molecule has 0 aromatic carbocycles. The highest BCUT2D eigenvalue weighted by molar-refractivity contribution is 5.93. The van der Waals surface area contributed by atoms with Crippen molar-refractivity contribution in [3.8, 4) is 0 Å². The Kier molecular flexibility index (Phi) is 1.66. The van der Waals surface area contributed by atoms with Crippen molar-refractivity contribution in [2.75, 3.05) is 7.05 Å². The van der Waals surface area contributed by atoms with Gasteiger partial charge in [-0.2, -0.15) is 5.10 Å². The maximum absolute atomic E-state index is 12.0. The molecule has 1 amide bonds. The van der Waals surface area contributed by atoms with Gasteiger partial charge in [-0.3, -0.25) is 4.79 Å². The van der Waals surface area contributed by atoms with E-state index in [1.165, 1.54) is 7.05 Å². The monoisotopic (exact) mass is 143 g/mol. The molecular formula is C5H6FN3O. The van der Waals surface area contributed by atoms with E-state index in [0.717, 1.165) is 12.4 Å². The number of carbonyl (C=O) groups excluding carboxylic acids is 1. The number of aromatic nitrogens is 2. The first-order chi connectivity index (χ1) is 4.74. The largest absolute Gasteiger partial charge is 0.355 e. The van der Waals surface area contributed by atoms with Gasteiger partial charge in [0, 0.05) is 7.05 Å². The van der Waals surface area contributed by atoms with Gasteiger partial charge in [0.05, 0.1) is 18.0 Å². The molecule has 1 aromatic rings. The first-order valence-corrected chi connectivity index (χ1v) is 2.67. The summed E-state index contributed by atoms with van der Waals surface area (Å²) in [5, 5.41) is 5.51. The highest BCUT2D eigenvalue weighted by atomic mass is 19.2. The van der Waals surface area contributed by atoms with Crippen LogP contribution in [0.1, 0.15) is 10.4 Å². The molecule has 0 saturated heterocycles. The van der Waals surface area contributed by atoms with E-state index in [4.69, 9.17) is 0 Å². The maximum Gasteiger partial charge on any atom is 0.254 e. The predicted molar refractivity (Wildman–Crippen MR) is 32.1 cm³/mol. The number of rotatable bonds is 1. The standard InChI is InChI=1S/C5H6FN3O/c1-7-5(10)4-2-8-9(6)3-4/h2-3H,1H3,(H,7,10). The van der Waals surface area contributed by atoms with Crippen LogP contribution in [0.15, 0.2) is 12.4 Å². The third kappa shape index (κ3) is 1.12. The minimum atomic E-state index is -0.344. The average Bonchev–Trinajstić information content (AvgIpc) is 2.34. The number of hydrogen-bond acceptors (Lipinski definition) is 2. The lowest BCUT2D eigenvalue weighted by Gasteiger charge is -1.89. The zero-order valence-corrected chi connectivity index (χ0v) is 5.34. The molecule has 0 spiro atoms. The summed E-state index contributed by atoms with van der Waals surface area (Å²) < 4.78 is 12.0. The Bertz CT molecular complexity index is 245. The molecule has 0 aliphatic carbocycles. The SMILES string of the molecule is CNC(=O)c1cnn(F)c1. The molecule has 0 aliphatic rings. The van der Waals surface area contributed by atoms with Crippen LogP contribution in [0.2, 0.25) is 0 Å². The number of hydrogen-bond donors (Lipinski definition) is 1. The van der Waals surface area contributed by atoms with Crippen LogP contribution in [-0.2, 0) is 0 Å². The smallest absolute Gasteiger partial charge is 0.254 e. The second kappa shape index (κ2) is 2.47. The molecule has 0 radical (unpaired) electrons. The second-order valence-corrected chi connectivity index (χ2v) is 1.70. The molecular weight excluding hydrogens is 137 g/mol. The second-order valence-electron chi connectivity index (χ2n) is 1.70. The summed E-state index contributed by atoms with van der Waals surface area (Å²) in [5.74, 6) is -0.344. The van der Waals surface area contributed by atoms with Gasteiger partial charge in [-0.25, -0.2) is 0 Å². The van der Waals surface area contributed by atoms with E-state index >= 15 is 0 Å². The van der Waals surface area contributed by atoms with Crippen LogP contribution in [0.3, 0.4) is 0 Å². The zero-order valence-electron chi connectivity index (χ0n) is 5.34. The highest BCUT2D eigenvalue weighted by Crippen LogP contribution is 1.95. The third-order valence-corrected chi connectivity index (χ3v) is 1.04. The number of nitrogens with one attached hydrogen (secondary N) is 1. The van der Waals surface area contributed by atoms with Crippen LogP contribution in [0, 0.1) is 0 Å². The number of amides is 1. The van der Waals surface area contributed by atoms with Gasteiger partial charge in [-0.05, 0) is 0 Å². The van der Waals surface area contributed by atoms with Gasteiger partial charge in [0.25, 0.3) is 5.91 Å². The topological polar surface area (TPSA) is 46.9 Å². The zero-order chi connectivity index (χ0) is 7.56. The maximum atomic E-state index is 12.0. The Morgan fingerprint density at radius 3 is 3.00 bits per heavy atom. The van der Waals surface area contributed by atoms with E-state index in [0.29, 0.717) is 0 Å². The van der Waals surface area contributed by atoms with Crippen molar-refractivity contribution in [3.63, 3.8) is 0 Å². The molecule has 0 saturated carbocycles. The average molecular weight is 143 g/mol. The van der Waals surface area contributed by atoms with Gasteiger partial charge in [0.1, 0.15) is 0 Å². The minimum absolute atomic E-state index is 0.0879. The van der Waals surface area contributed by atoms with Crippen molar-refractivity contribution in [1.29, 1.82) is 0 Å². The third-order valence-electron chi connectivity index (χ3n) is 1.04. The molecule has 1 heterocycles. The molecule has 5 heteroatoms. The molecule has 0 fully saturated rings. The fourth-order valence-corrected chi connectivity index (χ4v) is 0.560. The van der Waals surface area contributed by atoms with Crippen LogP contribution < -0.4 is 5.32 Å². The molecule has 4 nitrogen and oxygen atoms in total. The van der Waals surface area contributed by atoms with E-state index < -0.39 is 0 Å². The molecule has 1 N–H and O–H groups in total. The van der Waals surface area contributed by atoms with Gasteiger partial charge < -0.3 is 5.32 Å². The van der Waals surface area contributed by atoms with Gasteiger partial charge >= 0.3 is 0 Å². The van der Waals surface area contributed by atoms with Crippen LogP contribution >= 0.6 is 0 Å². The van der Waals surface area contributed by atoms with E-state index in [9.17, 15) is 9.28 Å². The van der Waals surface area contributed by atoms with E-state index in [1.54, 1.807) is 0 Å². The van der Waals surface area contributed by atoms with E-state index in [-0.39, 0.29) is 16.4 Å². The molecule has 10 heavy (non-hydrogen) atoms. The quantitative estimate of drug-likeness (QED) is 0.600. The van der Waals surface area contributed by atoms with Crippen LogP contribution in [0.4, 0.5) is 4.48 Å². The Labute approximate surface area is 56.6 Å². The molecule has 0 aliphatic heterocycles. The summed E-state index contributed by atoms with van der Waals surface area (Å²) in [6, 6.07) is 0. The van der Waals surface area contributed by atoms with Crippen molar-refractivity contribution in [1.82, 2.24) is 15.3 Å². The van der Waals surface area contributed by atoms with Gasteiger partial charge in [0.15, 0.2) is 0 Å². The molecule has 1 aromatic heterocycles. The van der Waals surface area contributed by atoms with Crippen molar-refractivity contribution in [3.05, 3.63) is 18.0 Å². The van der Waals surface area contributed by atoms with Crippen LogP contribution in [0.5, 0.6) is 0 Å². The summed E-state index contributed by atoms with van der Waals surface area (Å²) in [5.41, 5.74) is 0.213. The number of halogens is 1. The van der Waals surface area contributed by atoms with E-state index in [1.807, 2.05) is 0 Å². The van der Waals surface area contributed by atoms with Crippen molar-refractivity contribution in [2.45, 2.75) is 0 Å². The van der Waals surface area contributed by atoms with Crippen molar-refractivity contribution < 1.29 is 9.28 Å². The lowest BCUT2D eigenvalue weighted by molar-refractivity contribution is 0.0962. The lowest BCUT2D eigenvalue weighted by Crippen LogP contribution is -2.16. The van der Waals surface area contributed by atoms with Crippen LogP contribution in [-0.4, -0.2) is 23.0 Å². The fraction of sp³-hybridized carbons (Fsp3) is 0.200. The summed E-state index contributed by atoms with van der Waals surface area (Å²) in [6.45, 7) is 0. The molecule has 0 bridgehead atoms. The Hall–Kier alpha value is -1.39. The van der Waals surface area contributed by atoms with E-state index in [2.05, 4.69) is 10.4 Å². The summed E-state index contributed by atoms with van der Waals surface area (Å²) in [6.07, 6.45) is 2.15. The molecule has 0 unspecified atom stereocenters. The van der Waals surface area contributed by atoms with Gasteiger partial charge in [-0.1, -0.05) is 4.48 Å². The number of carbonyl (C=O) groups is 1. The molecule has 1 rings (SSSR count). The normalized spacial score (nSPS) is 9.40. The lowest BCUT2D eigenvalue weighted by atomic mass is 10.3. The minimum Gasteiger partial charge on any atom is -0.355 e. The Morgan fingerprint density at radius 2 is 2.60 bits per heavy atom. The first-order valence-electron chi connectivity index (χ1n) is 2.67.